The molecule has 1 fully saturated rings. The van der Waals surface area contributed by atoms with Crippen LogP contribution in [0.25, 0.3) is 0 Å². The third-order valence-corrected chi connectivity index (χ3v) is 3.13. The van der Waals surface area contributed by atoms with E-state index in [9.17, 15) is 10.1 Å². The fourth-order valence-corrected chi connectivity index (χ4v) is 1.87. The van der Waals surface area contributed by atoms with Gasteiger partial charge in [0, 0.05) is 24.2 Å². The molecule has 2 rings (SSSR count). The summed E-state index contributed by atoms with van der Waals surface area (Å²) in [7, 11) is 0. The average Bonchev–Trinajstić information content (AvgIpc) is 3.10. The van der Waals surface area contributed by atoms with Gasteiger partial charge in [-0.05, 0) is 25.7 Å². The summed E-state index contributed by atoms with van der Waals surface area (Å²) in [5.74, 6) is 0.766. The van der Waals surface area contributed by atoms with Crippen molar-refractivity contribution in [3.8, 4) is 0 Å². The lowest BCUT2D eigenvalue weighted by Crippen LogP contribution is -2.27. The van der Waals surface area contributed by atoms with E-state index >= 15 is 0 Å². The number of hydrogen-bond donors (Lipinski definition) is 1. The highest BCUT2D eigenvalue weighted by atomic mass is 16.6. The lowest BCUT2D eigenvalue weighted by molar-refractivity contribution is -0.385. The molecule has 1 N–H and O–H groups in total. The maximum absolute atomic E-state index is 10.8. The third kappa shape index (κ3) is 2.58. The van der Waals surface area contributed by atoms with Crippen molar-refractivity contribution in [1.82, 2.24) is 5.32 Å². The van der Waals surface area contributed by atoms with Gasteiger partial charge in [0.2, 0.25) is 0 Å². The van der Waals surface area contributed by atoms with Crippen LogP contribution in [0.1, 0.15) is 25.3 Å². The van der Waals surface area contributed by atoms with Gasteiger partial charge in [-0.25, -0.2) is 0 Å². The molecule has 0 saturated heterocycles. The molecule has 1 aromatic rings. The standard InChI is InChI=1S/C12H16N2O2/c1-9(10-6-7-10)13-8-11-4-2-3-5-12(11)14(15)16/h2-5,9-10,13H,6-8H2,1H3. The Hall–Kier alpha value is -1.42. The van der Waals surface area contributed by atoms with Gasteiger partial charge in [-0.1, -0.05) is 18.2 Å². The van der Waals surface area contributed by atoms with Gasteiger partial charge in [0.25, 0.3) is 5.69 Å². The minimum absolute atomic E-state index is 0.206. The Kier molecular flexibility index (Phi) is 3.19. The van der Waals surface area contributed by atoms with Crippen molar-refractivity contribution in [2.45, 2.75) is 32.4 Å². The zero-order chi connectivity index (χ0) is 11.5. The van der Waals surface area contributed by atoms with Gasteiger partial charge < -0.3 is 5.32 Å². The molecular weight excluding hydrogens is 204 g/mol. The van der Waals surface area contributed by atoms with Crippen molar-refractivity contribution in [1.29, 1.82) is 0 Å². The molecule has 0 heterocycles. The van der Waals surface area contributed by atoms with E-state index in [-0.39, 0.29) is 10.6 Å². The molecule has 16 heavy (non-hydrogen) atoms. The first-order valence-electron chi connectivity index (χ1n) is 5.64. The maximum Gasteiger partial charge on any atom is 0.273 e. The number of nitrogens with one attached hydrogen (secondary N) is 1. The summed E-state index contributed by atoms with van der Waals surface area (Å²) in [6, 6.07) is 7.36. The Morgan fingerprint density at radius 1 is 1.50 bits per heavy atom. The molecule has 0 bridgehead atoms. The molecule has 0 amide bonds. The fraction of sp³-hybridized carbons (Fsp3) is 0.500. The minimum atomic E-state index is -0.321. The van der Waals surface area contributed by atoms with E-state index < -0.39 is 0 Å². The van der Waals surface area contributed by atoms with Crippen molar-refractivity contribution in [3.63, 3.8) is 0 Å². The van der Waals surface area contributed by atoms with Crippen LogP contribution in [-0.4, -0.2) is 11.0 Å². The molecule has 4 nitrogen and oxygen atoms in total. The van der Waals surface area contributed by atoms with E-state index in [0.717, 1.165) is 11.5 Å². The van der Waals surface area contributed by atoms with Crippen molar-refractivity contribution in [2.24, 2.45) is 5.92 Å². The van der Waals surface area contributed by atoms with Crippen molar-refractivity contribution >= 4 is 5.69 Å². The lowest BCUT2D eigenvalue weighted by Gasteiger charge is -2.12. The molecule has 4 heteroatoms. The number of para-hydroxylation sites is 1. The highest BCUT2D eigenvalue weighted by molar-refractivity contribution is 5.39. The SMILES string of the molecule is CC(NCc1ccccc1[N+](=O)[O-])C1CC1. The van der Waals surface area contributed by atoms with Gasteiger partial charge in [-0.15, -0.1) is 0 Å². The third-order valence-electron chi connectivity index (χ3n) is 3.13. The van der Waals surface area contributed by atoms with Crippen LogP contribution in [-0.2, 0) is 6.54 Å². The zero-order valence-corrected chi connectivity index (χ0v) is 9.35. The van der Waals surface area contributed by atoms with Crippen molar-refractivity contribution in [3.05, 3.63) is 39.9 Å². The van der Waals surface area contributed by atoms with Gasteiger partial charge in [0.15, 0.2) is 0 Å². The van der Waals surface area contributed by atoms with Crippen molar-refractivity contribution < 1.29 is 4.92 Å². The highest BCUT2D eigenvalue weighted by Crippen LogP contribution is 2.32. The number of benzene rings is 1. The molecule has 0 radical (unpaired) electrons. The predicted molar refractivity (Wildman–Crippen MR) is 62.1 cm³/mol. The molecule has 86 valence electrons. The van der Waals surface area contributed by atoms with Crippen LogP contribution in [0.15, 0.2) is 24.3 Å². The number of nitro benzene ring substituents is 1. The average molecular weight is 220 g/mol. The molecule has 1 saturated carbocycles. The second-order valence-corrected chi connectivity index (χ2v) is 4.39. The number of rotatable bonds is 5. The van der Waals surface area contributed by atoms with Crippen LogP contribution in [0.3, 0.4) is 0 Å². The second-order valence-electron chi connectivity index (χ2n) is 4.39. The van der Waals surface area contributed by atoms with E-state index in [1.165, 1.54) is 12.8 Å². The smallest absolute Gasteiger partial charge is 0.273 e. The molecule has 1 aromatic carbocycles. The van der Waals surface area contributed by atoms with E-state index in [4.69, 9.17) is 0 Å². The van der Waals surface area contributed by atoms with E-state index in [0.29, 0.717) is 12.6 Å². The van der Waals surface area contributed by atoms with E-state index in [1.807, 2.05) is 12.1 Å². The molecule has 1 atom stereocenters. The molecule has 1 aliphatic rings. The summed E-state index contributed by atoms with van der Waals surface area (Å²) in [4.78, 5) is 10.5. The second kappa shape index (κ2) is 4.61. The fourth-order valence-electron chi connectivity index (χ4n) is 1.87. The Labute approximate surface area is 94.8 Å². The van der Waals surface area contributed by atoms with Crippen LogP contribution < -0.4 is 5.32 Å². The lowest BCUT2D eigenvalue weighted by atomic mass is 10.1. The van der Waals surface area contributed by atoms with Crippen LogP contribution in [0.2, 0.25) is 0 Å². The molecule has 1 aliphatic carbocycles. The molecule has 0 spiro atoms. The molecule has 1 unspecified atom stereocenters. The summed E-state index contributed by atoms with van der Waals surface area (Å²) < 4.78 is 0. The van der Waals surface area contributed by atoms with Gasteiger partial charge in [-0.2, -0.15) is 0 Å². The van der Waals surface area contributed by atoms with Gasteiger partial charge in [0.05, 0.1) is 4.92 Å². The molecule has 0 aromatic heterocycles. The number of nitrogens with zero attached hydrogens (tertiary/aromatic N) is 1. The quantitative estimate of drug-likeness (QED) is 0.612. The van der Waals surface area contributed by atoms with E-state index in [2.05, 4.69) is 12.2 Å². The van der Waals surface area contributed by atoms with Gasteiger partial charge in [-0.3, -0.25) is 10.1 Å². The number of nitro groups is 1. The summed E-state index contributed by atoms with van der Waals surface area (Å²) >= 11 is 0. The minimum Gasteiger partial charge on any atom is -0.310 e. The first-order chi connectivity index (χ1) is 7.68. The topological polar surface area (TPSA) is 55.2 Å². The summed E-state index contributed by atoms with van der Waals surface area (Å²) in [5.41, 5.74) is 0.970. The largest absolute Gasteiger partial charge is 0.310 e. The van der Waals surface area contributed by atoms with Crippen LogP contribution in [0.4, 0.5) is 5.69 Å². The summed E-state index contributed by atoms with van der Waals surface area (Å²) in [6.07, 6.45) is 2.57. The highest BCUT2D eigenvalue weighted by Gasteiger charge is 2.27. The Morgan fingerprint density at radius 2 is 2.19 bits per heavy atom. The Bertz CT molecular complexity index is 388. The van der Waals surface area contributed by atoms with Crippen LogP contribution in [0, 0.1) is 16.0 Å². The Morgan fingerprint density at radius 3 is 2.81 bits per heavy atom. The van der Waals surface area contributed by atoms with Crippen LogP contribution in [0.5, 0.6) is 0 Å². The van der Waals surface area contributed by atoms with Gasteiger partial charge >= 0.3 is 0 Å². The van der Waals surface area contributed by atoms with E-state index in [1.54, 1.807) is 12.1 Å². The summed E-state index contributed by atoms with van der Waals surface area (Å²) in [5, 5.41) is 14.1. The van der Waals surface area contributed by atoms with Crippen molar-refractivity contribution in [2.75, 3.05) is 0 Å². The maximum atomic E-state index is 10.8. The zero-order valence-electron chi connectivity index (χ0n) is 9.35. The predicted octanol–water partition coefficient (Wildman–Crippen LogP) is 2.48. The summed E-state index contributed by atoms with van der Waals surface area (Å²) in [6.45, 7) is 2.72. The number of hydrogen-bond acceptors (Lipinski definition) is 3. The van der Waals surface area contributed by atoms with Crippen LogP contribution >= 0.6 is 0 Å². The molecule has 0 aliphatic heterocycles. The molecular formula is C12H16N2O2. The monoisotopic (exact) mass is 220 g/mol. The normalized spacial score (nSPS) is 17.1. The Balaban J connectivity index is 1.99. The first kappa shape index (κ1) is 11.1. The first-order valence-corrected chi connectivity index (χ1v) is 5.64. The van der Waals surface area contributed by atoms with Gasteiger partial charge in [0.1, 0.15) is 0 Å².